The lowest BCUT2D eigenvalue weighted by molar-refractivity contribution is -0.243. The molecule has 40 heavy (non-hydrogen) atoms. The summed E-state index contributed by atoms with van der Waals surface area (Å²) in [5.74, 6) is -2.72. The summed E-state index contributed by atoms with van der Waals surface area (Å²) in [6.45, 7) is -0.153. The van der Waals surface area contributed by atoms with Gasteiger partial charge in [-0.1, -0.05) is 0 Å². The van der Waals surface area contributed by atoms with Crippen molar-refractivity contribution in [2.45, 2.75) is 62.1 Å². The van der Waals surface area contributed by atoms with E-state index in [9.17, 15) is 58.5 Å². The van der Waals surface area contributed by atoms with Crippen LogP contribution in [0.15, 0.2) is 21.9 Å². The number of H-pyrrole nitrogens is 1. The van der Waals surface area contributed by atoms with E-state index in [0.717, 1.165) is 19.2 Å². The zero-order valence-corrected chi connectivity index (χ0v) is 21.8. The summed E-state index contributed by atoms with van der Waals surface area (Å²) in [5, 5.41) is 51.6. The number of aliphatic hydroxyl groups excluding tert-OH is 4. The summed E-state index contributed by atoms with van der Waals surface area (Å²) in [5.41, 5.74) is -1.79. The van der Waals surface area contributed by atoms with E-state index in [1.807, 2.05) is 10.3 Å². The maximum absolute atomic E-state index is 12.4. The second kappa shape index (κ2) is 12.2. The predicted molar refractivity (Wildman–Crippen MR) is 121 cm³/mol. The van der Waals surface area contributed by atoms with Crippen molar-refractivity contribution >= 4 is 27.5 Å². The molecular weight excluding hydrogens is 596 g/mol. The number of carbonyl (C=O) groups is 2. The Bertz CT molecular complexity index is 1320. The van der Waals surface area contributed by atoms with Crippen LogP contribution in [0.1, 0.15) is 13.2 Å². The third-order valence-corrected chi connectivity index (χ3v) is 8.12. The largest absolute Gasteiger partial charge is 0.483 e. The van der Waals surface area contributed by atoms with Gasteiger partial charge in [0.15, 0.2) is 18.6 Å². The summed E-state index contributed by atoms with van der Waals surface area (Å²) < 4.78 is 48.7. The summed E-state index contributed by atoms with van der Waals surface area (Å²) in [7, 11) is -11.4. The fraction of sp³-hybridized carbons (Fsp3) is 0.647. The molecule has 2 aliphatic rings. The lowest BCUT2D eigenvalue weighted by Crippen LogP contribution is -2.65. The molecule has 2 unspecified atom stereocenters. The van der Waals surface area contributed by atoms with Gasteiger partial charge < -0.3 is 50.1 Å². The smallest absolute Gasteiger partial charge is 0.479 e. The molecule has 2 saturated heterocycles. The van der Waals surface area contributed by atoms with Gasteiger partial charge in [0.1, 0.15) is 36.6 Å². The maximum atomic E-state index is 12.4. The number of ether oxygens (including phenoxy) is 2. The number of carbonyl (C=O) groups excluding carboxylic acids is 1. The fourth-order valence-corrected chi connectivity index (χ4v) is 5.91. The Balaban J connectivity index is 1.68. The molecule has 23 heteroatoms. The highest BCUT2D eigenvalue weighted by atomic mass is 31.3. The molecule has 21 nitrogen and oxygen atoms in total. The van der Waals surface area contributed by atoms with Crippen LogP contribution in [0.4, 0.5) is 0 Å². The number of nitrogens with zero attached hydrogens (tertiary/aromatic N) is 1. The number of aliphatic carboxylic acids is 1. The average Bonchev–Trinajstić information content (AvgIpc) is 3.09. The van der Waals surface area contributed by atoms with Gasteiger partial charge in [0.2, 0.25) is 5.91 Å². The van der Waals surface area contributed by atoms with Gasteiger partial charge in [-0.25, -0.2) is 18.7 Å². The van der Waals surface area contributed by atoms with Crippen molar-refractivity contribution in [1.29, 1.82) is 0 Å². The van der Waals surface area contributed by atoms with Gasteiger partial charge >= 0.3 is 27.3 Å². The molecule has 0 aliphatic carbocycles. The minimum Gasteiger partial charge on any atom is -0.479 e. The first kappa shape index (κ1) is 32.2. The van der Waals surface area contributed by atoms with Crippen LogP contribution in [0, 0.1) is 0 Å². The van der Waals surface area contributed by atoms with Gasteiger partial charge in [-0.15, -0.1) is 0 Å². The minimum atomic E-state index is -5.76. The number of nitrogens with one attached hydrogen (secondary N) is 2. The molecule has 3 heterocycles. The number of aliphatic hydroxyl groups is 4. The molecule has 226 valence electrons. The number of phosphoric acid groups is 2. The number of carboxylic acids is 1. The molecule has 3 rings (SSSR count). The highest BCUT2D eigenvalue weighted by Crippen LogP contribution is 2.61. The molecule has 2 fully saturated rings. The molecule has 2 aliphatic heterocycles. The Kier molecular flexibility index (Phi) is 9.85. The summed E-state index contributed by atoms with van der Waals surface area (Å²) in [6, 6.07) is -0.949. The third-order valence-electron chi connectivity index (χ3n) is 5.52. The van der Waals surface area contributed by atoms with Crippen LogP contribution in [0.25, 0.3) is 0 Å². The van der Waals surface area contributed by atoms with Crippen molar-refractivity contribution in [2.24, 2.45) is 0 Å². The highest BCUT2D eigenvalue weighted by Gasteiger charge is 2.52. The van der Waals surface area contributed by atoms with Crippen molar-refractivity contribution in [3.63, 3.8) is 0 Å². The van der Waals surface area contributed by atoms with E-state index < -0.39 is 101 Å². The summed E-state index contributed by atoms with van der Waals surface area (Å²) in [4.78, 5) is 67.7. The van der Waals surface area contributed by atoms with Gasteiger partial charge in [-0.3, -0.25) is 28.2 Å². The number of rotatable bonds is 10. The van der Waals surface area contributed by atoms with Crippen LogP contribution < -0.4 is 16.6 Å². The Hall–Kier alpha value is -2.36. The van der Waals surface area contributed by atoms with Crippen LogP contribution in [0.3, 0.4) is 0 Å². The second-order valence-corrected chi connectivity index (χ2v) is 11.5. The van der Waals surface area contributed by atoms with Gasteiger partial charge in [0.05, 0.1) is 6.61 Å². The van der Waals surface area contributed by atoms with E-state index in [1.165, 1.54) is 0 Å². The van der Waals surface area contributed by atoms with Crippen LogP contribution >= 0.6 is 15.6 Å². The molecule has 0 saturated carbocycles. The Labute approximate surface area is 221 Å². The normalized spacial score (nSPS) is 35.4. The Morgan fingerprint density at radius 1 is 1.05 bits per heavy atom. The number of hydrogen-bond acceptors (Lipinski definition) is 15. The van der Waals surface area contributed by atoms with Crippen molar-refractivity contribution in [3.8, 4) is 0 Å². The van der Waals surface area contributed by atoms with E-state index in [4.69, 9.17) is 14.6 Å². The lowest BCUT2D eigenvalue weighted by atomic mass is 9.97. The predicted octanol–water partition coefficient (Wildman–Crippen LogP) is -4.56. The Morgan fingerprint density at radius 3 is 2.27 bits per heavy atom. The van der Waals surface area contributed by atoms with Crippen LogP contribution in [-0.4, -0.2) is 112 Å². The quantitative estimate of drug-likeness (QED) is 0.111. The fourth-order valence-electron chi connectivity index (χ4n) is 3.74. The molecule has 9 N–H and O–H groups in total. The van der Waals surface area contributed by atoms with Gasteiger partial charge in [-0.05, 0) is 0 Å². The van der Waals surface area contributed by atoms with Crippen molar-refractivity contribution < 1.29 is 76.9 Å². The molecule has 1 aromatic heterocycles. The SMILES string of the molecule is CC(=O)N[C@H]1[C@@H](OP(=O)(O)OP(=O)(O)OC[C@H]2O[C@@H](n3ccc(=O)[nH]c3=O)[C@H](O)[C@@H]2O)O[C@H](C(=O)O)[C@@H](O)[C@@H]1O. The topological polar surface area (TPSA) is 323 Å². The van der Waals surface area contributed by atoms with E-state index in [-0.39, 0.29) is 0 Å². The van der Waals surface area contributed by atoms with E-state index in [0.29, 0.717) is 4.57 Å². The molecule has 0 spiro atoms. The monoisotopic (exact) mass is 621 g/mol. The van der Waals surface area contributed by atoms with E-state index >= 15 is 0 Å². The number of amides is 1. The number of aromatic nitrogens is 2. The zero-order chi connectivity index (χ0) is 30.2. The van der Waals surface area contributed by atoms with E-state index in [1.54, 1.807) is 0 Å². The first-order valence-electron chi connectivity index (χ1n) is 11.0. The van der Waals surface area contributed by atoms with Gasteiger partial charge in [0.25, 0.3) is 5.56 Å². The summed E-state index contributed by atoms with van der Waals surface area (Å²) in [6.07, 6.45) is -14.7. The lowest BCUT2D eigenvalue weighted by Gasteiger charge is -2.41. The maximum Gasteiger partial charge on any atom is 0.483 e. The third kappa shape index (κ3) is 7.47. The molecular formula is C17H25N3O18P2. The average molecular weight is 621 g/mol. The van der Waals surface area contributed by atoms with Crippen molar-refractivity contribution in [1.82, 2.24) is 14.9 Å². The molecule has 0 bridgehead atoms. The highest BCUT2D eigenvalue weighted by molar-refractivity contribution is 7.61. The van der Waals surface area contributed by atoms with E-state index in [2.05, 4.69) is 13.4 Å². The second-order valence-electron chi connectivity index (χ2n) is 8.45. The molecule has 1 amide bonds. The first-order chi connectivity index (χ1) is 18.4. The molecule has 0 radical (unpaired) electrons. The number of carboxylic acid groups (broad SMARTS) is 1. The van der Waals surface area contributed by atoms with Gasteiger partial charge in [0, 0.05) is 19.2 Å². The number of phosphoric ester groups is 2. The van der Waals surface area contributed by atoms with Crippen molar-refractivity contribution in [3.05, 3.63) is 33.1 Å². The molecule has 0 aromatic carbocycles. The molecule has 1 aromatic rings. The van der Waals surface area contributed by atoms with Crippen LogP contribution in [0.5, 0.6) is 0 Å². The van der Waals surface area contributed by atoms with Gasteiger partial charge in [-0.2, -0.15) is 4.31 Å². The zero-order valence-electron chi connectivity index (χ0n) is 20.0. The summed E-state index contributed by atoms with van der Waals surface area (Å²) >= 11 is 0. The molecule has 11 atom stereocenters. The minimum absolute atomic E-state index is 0.700. The first-order valence-corrected chi connectivity index (χ1v) is 14.0. The number of aromatic amines is 1. The van der Waals surface area contributed by atoms with Crippen LogP contribution in [0.2, 0.25) is 0 Å². The van der Waals surface area contributed by atoms with Crippen LogP contribution in [-0.2, 0) is 41.6 Å². The number of hydrogen-bond donors (Lipinski definition) is 9. The Morgan fingerprint density at radius 2 is 1.70 bits per heavy atom. The standard InChI is InChI=1S/C17H25N3O18P2/c1-5(21)18-8-10(24)11(25)13(15(27)28)36-16(8)37-40(32,33)38-39(30,31)34-4-6-9(23)12(26)14(35-6)20-3-2-7(22)19-17(20)29/h2-3,6,8-14,16,23-26H,4H2,1H3,(H,18,21)(H,27,28)(H,30,31)(H,32,33)(H,19,22,29)/t6-,8-,9-,10-,11+,12-,13+,14-,16-/m1/s1. The van der Waals surface area contributed by atoms with Crippen molar-refractivity contribution in [2.75, 3.05) is 6.61 Å².